The second-order valence-corrected chi connectivity index (χ2v) is 7.93. The topological polar surface area (TPSA) is 95.5 Å². The van der Waals surface area contributed by atoms with Gasteiger partial charge in [-0.25, -0.2) is 13.1 Å². The van der Waals surface area contributed by atoms with Crippen LogP contribution >= 0.6 is 27.5 Å². The van der Waals surface area contributed by atoms with Crippen molar-refractivity contribution in [2.75, 3.05) is 11.9 Å². The van der Waals surface area contributed by atoms with E-state index in [4.69, 9.17) is 11.6 Å². The molecule has 3 N–H and O–H groups in total. The zero-order valence-electron chi connectivity index (χ0n) is 12.3. The summed E-state index contributed by atoms with van der Waals surface area (Å²) in [4.78, 5) is 11.9. The number of phenols is 1. The van der Waals surface area contributed by atoms with Gasteiger partial charge in [0.25, 0.3) is 0 Å². The van der Waals surface area contributed by atoms with Gasteiger partial charge in [-0.15, -0.1) is 0 Å². The Hall–Kier alpha value is -1.61. The third-order valence-electron chi connectivity index (χ3n) is 2.98. The molecule has 2 rings (SSSR count). The molecule has 0 radical (unpaired) electrons. The Morgan fingerprint density at radius 1 is 1.21 bits per heavy atom. The maximum atomic E-state index is 12.1. The van der Waals surface area contributed by atoms with Gasteiger partial charge >= 0.3 is 0 Å². The molecule has 0 spiro atoms. The molecule has 0 atom stereocenters. The third-order valence-corrected chi connectivity index (χ3v) is 5.17. The van der Waals surface area contributed by atoms with E-state index in [2.05, 4.69) is 26.0 Å². The number of amides is 1. The second-order valence-electron chi connectivity index (χ2n) is 4.81. The maximum absolute atomic E-state index is 12.1. The number of hydrogen-bond acceptors (Lipinski definition) is 4. The molecule has 0 aliphatic carbocycles. The van der Waals surface area contributed by atoms with E-state index in [0.717, 1.165) is 0 Å². The predicted octanol–water partition coefficient (Wildman–Crippen LogP) is 3.12. The van der Waals surface area contributed by atoms with Crippen LogP contribution in [0.15, 0.2) is 51.8 Å². The number of anilines is 1. The van der Waals surface area contributed by atoms with Crippen LogP contribution in [0.1, 0.15) is 6.42 Å². The summed E-state index contributed by atoms with van der Waals surface area (Å²) in [6.45, 7) is -0.0813. The molecule has 0 aliphatic rings. The average molecular weight is 434 g/mol. The molecule has 24 heavy (non-hydrogen) atoms. The van der Waals surface area contributed by atoms with Crippen molar-refractivity contribution < 1.29 is 18.3 Å². The first-order chi connectivity index (χ1) is 11.3. The molecule has 1 amide bonds. The minimum Gasteiger partial charge on any atom is -0.506 e. The summed E-state index contributed by atoms with van der Waals surface area (Å²) in [5, 5.41) is 12.5. The van der Waals surface area contributed by atoms with Gasteiger partial charge in [-0.05, 0) is 36.4 Å². The fourth-order valence-electron chi connectivity index (χ4n) is 1.84. The van der Waals surface area contributed by atoms with Crippen LogP contribution in [0, 0.1) is 0 Å². The average Bonchev–Trinajstić information content (AvgIpc) is 2.51. The number of hydrogen-bond donors (Lipinski definition) is 3. The Labute approximate surface area is 153 Å². The van der Waals surface area contributed by atoms with Gasteiger partial charge < -0.3 is 10.4 Å². The summed E-state index contributed by atoms with van der Waals surface area (Å²) in [6, 6.07) is 10.5. The van der Waals surface area contributed by atoms with Gasteiger partial charge in [0.05, 0.1) is 10.6 Å². The zero-order valence-corrected chi connectivity index (χ0v) is 15.5. The minimum absolute atomic E-state index is 0.0813. The van der Waals surface area contributed by atoms with E-state index in [1.54, 1.807) is 12.1 Å². The van der Waals surface area contributed by atoms with Crippen LogP contribution in [0.25, 0.3) is 0 Å². The van der Waals surface area contributed by atoms with E-state index in [9.17, 15) is 18.3 Å². The molecule has 2 aromatic rings. The largest absolute Gasteiger partial charge is 0.506 e. The number of benzene rings is 2. The molecule has 0 aliphatic heterocycles. The van der Waals surface area contributed by atoms with Crippen molar-refractivity contribution in [1.29, 1.82) is 0 Å². The summed E-state index contributed by atoms with van der Waals surface area (Å²) in [5.74, 6) is -0.577. The molecular formula is C15H14BrClN2O4S. The van der Waals surface area contributed by atoms with Crippen LogP contribution in [0.2, 0.25) is 5.02 Å². The molecule has 6 nitrogen and oxygen atoms in total. The monoisotopic (exact) mass is 432 g/mol. The lowest BCUT2D eigenvalue weighted by molar-refractivity contribution is -0.116. The molecular weight excluding hydrogens is 420 g/mol. The van der Waals surface area contributed by atoms with E-state index in [-0.39, 0.29) is 29.3 Å². The van der Waals surface area contributed by atoms with E-state index in [1.165, 1.54) is 30.3 Å². The van der Waals surface area contributed by atoms with E-state index in [0.29, 0.717) is 9.50 Å². The van der Waals surface area contributed by atoms with Gasteiger partial charge in [0.2, 0.25) is 15.9 Å². The highest BCUT2D eigenvalue weighted by Crippen LogP contribution is 2.26. The molecule has 0 unspecified atom stereocenters. The van der Waals surface area contributed by atoms with Crippen LogP contribution < -0.4 is 10.0 Å². The van der Waals surface area contributed by atoms with E-state index >= 15 is 0 Å². The third kappa shape index (κ3) is 5.20. The number of carbonyl (C=O) groups excluding carboxylic acids is 1. The summed E-state index contributed by atoms with van der Waals surface area (Å²) >= 11 is 8.99. The molecule has 0 heterocycles. The number of aromatic hydroxyl groups is 1. The first-order valence-electron chi connectivity index (χ1n) is 6.81. The Bertz CT molecular complexity index is 858. The number of phenolic OH excluding ortho intramolecular Hbond substituents is 1. The van der Waals surface area contributed by atoms with Crippen LogP contribution in [0.3, 0.4) is 0 Å². The van der Waals surface area contributed by atoms with Crippen LogP contribution in [-0.2, 0) is 14.8 Å². The lowest BCUT2D eigenvalue weighted by Gasteiger charge is -2.09. The minimum atomic E-state index is -3.70. The van der Waals surface area contributed by atoms with E-state index < -0.39 is 15.9 Å². The van der Waals surface area contributed by atoms with E-state index in [1.807, 2.05) is 0 Å². The normalized spacial score (nSPS) is 11.2. The summed E-state index contributed by atoms with van der Waals surface area (Å²) in [5.41, 5.74) is 0.169. The molecule has 0 saturated carbocycles. The molecule has 9 heteroatoms. The summed E-state index contributed by atoms with van der Waals surface area (Å²) < 4.78 is 27.2. The lowest BCUT2D eigenvalue weighted by atomic mass is 10.3. The van der Waals surface area contributed by atoms with Gasteiger partial charge in [0, 0.05) is 22.5 Å². The smallest absolute Gasteiger partial charge is 0.240 e. The Morgan fingerprint density at radius 2 is 1.96 bits per heavy atom. The predicted molar refractivity (Wildman–Crippen MR) is 95.7 cm³/mol. The quantitative estimate of drug-likeness (QED) is 0.610. The second kappa shape index (κ2) is 7.98. The molecule has 128 valence electrons. The number of sulfonamides is 1. The standard InChI is InChI=1S/C15H14BrClN2O4S/c16-10-2-1-3-12(8-10)24(22,23)18-7-6-15(21)19-13-9-11(17)4-5-14(13)20/h1-5,8-9,18,20H,6-7H2,(H,19,21). The zero-order chi connectivity index (χ0) is 17.7. The van der Waals surface area contributed by atoms with Crippen LogP contribution in [0.5, 0.6) is 5.75 Å². The Morgan fingerprint density at radius 3 is 2.67 bits per heavy atom. The summed E-state index contributed by atoms with van der Waals surface area (Å²) in [6.07, 6.45) is -0.0980. The first kappa shape index (κ1) is 18.7. The lowest BCUT2D eigenvalue weighted by Crippen LogP contribution is -2.27. The number of rotatable bonds is 6. The highest BCUT2D eigenvalue weighted by molar-refractivity contribution is 9.10. The van der Waals surface area contributed by atoms with Crippen molar-refractivity contribution in [3.8, 4) is 5.75 Å². The van der Waals surface area contributed by atoms with Crippen molar-refractivity contribution in [2.24, 2.45) is 0 Å². The maximum Gasteiger partial charge on any atom is 0.240 e. The van der Waals surface area contributed by atoms with Crippen molar-refractivity contribution in [3.63, 3.8) is 0 Å². The highest BCUT2D eigenvalue weighted by atomic mass is 79.9. The van der Waals surface area contributed by atoms with Crippen molar-refractivity contribution in [1.82, 2.24) is 4.72 Å². The number of carbonyl (C=O) groups is 1. The van der Waals surface area contributed by atoms with Gasteiger partial charge in [-0.1, -0.05) is 33.6 Å². The highest BCUT2D eigenvalue weighted by Gasteiger charge is 2.15. The Kier molecular flexibility index (Phi) is 6.22. The fraction of sp³-hybridized carbons (Fsp3) is 0.133. The molecule has 0 fully saturated rings. The first-order valence-corrected chi connectivity index (χ1v) is 9.47. The molecule has 0 aromatic heterocycles. The Balaban J connectivity index is 1.91. The number of nitrogens with one attached hydrogen (secondary N) is 2. The molecule has 2 aromatic carbocycles. The molecule has 0 saturated heterocycles. The fourth-order valence-corrected chi connectivity index (χ4v) is 3.64. The van der Waals surface area contributed by atoms with Gasteiger partial charge in [0.15, 0.2) is 0 Å². The van der Waals surface area contributed by atoms with Crippen molar-refractivity contribution >= 4 is 49.1 Å². The van der Waals surface area contributed by atoms with Gasteiger partial charge in [0.1, 0.15) is 5.75 Å². The van der Waals surface area contributed by atoms with Gasteiger partial charge in [-0.3, -0.25) is 4.79 Å². The van der Waals surface area contributed by atoms with Gasteiger partial charge in [-0.2, -0.15) is 0 Å². The summed E-state index contributed by atoms with van der Waals surface area (Å²) in [7, 11) is -3.70. The number of halogens is 2. The van der Waals surface area contributed by atoms with Crippen LogP contribution in [-0.4, -0.2) is 26.0 Å². The van der Waals surface area contributed by atoms with Crippen molar-refractivity contribution in [2.45, 2.75) is 11.3 Å². The molecule has 0 bridgehead atoms. The SMILES string of the molecule is O=C(CCNS(=O)(=O)c1cccc(Br)c1)Nc1cc(Cl)ccc1O. The van der Waals surface area contributed by atoms with Crippen LogP contribution in [0.4, 0.5) is 5.69 Å². The van der Waals surface area contributed by atoms with Crippen molar-refractivity contribution in [3.05, 3.63) is 52.0 Å².